The van der Waals surface area contributed by atoms with E-state index in [-0.39, 0.29) is 0 Å². The number of amides is 1. The van der Waals surface area contributed by atoms with E-state index in [1.165, 1.54) is 0 Å². The smallest absolute Gasteiger partial charge is 0.335 e. The van der Waals surface area contributed by atoms with E-state index in [1.807, 2.05) is 0 Å². The Morgan fingerprint density at radius 1 is 1.26 bits per heavy atom. The van der Waals surface area contributed by atoms with Gasteiger partial charge in [-0.2, -0.15) is 0 Å². The second-order valence-corrected chi connectivity index (χ2v) is 5.25. The van der Waals surface area contributed by atoms with Gasteiger partial charge in [-0.15, -0.1) is 4.74 Å². The van der Waals surface area contributed by atoms with Crippen molar-refractivity contribution < 1.29 is 9.32 Å². The molecule has 2 aromatic rings. The van der Waals surface area contributed by atoms with Crippen molar-refractivity contribution in [2.45, 2.75) is 19.3 Å². The fourth-order valence-corrected chi connectivity index (χ4v) is 2.36. The molecule has 1 aromatic carbocycles. The largest absolute Gasteiger partial charge is 0.366 e. The average molecular weight is 374 g/mol. The van der Waals surface area contributed by atoms with E-state index in [1.54, 1.807) is 24.3 Å². The number of alkyl halides is 1. The zero-order valence-electron chi connectivity index (χ0n) is 10.4. The summed E-state index contributed by atoms with van der Waals surface area (Å²) in [4.78, 5) is 23.5. The molecule has 5 nitrogen and oxygen atoms in total. The van der Waals surface area contributed by atoms with E-state index in [9.17, 15) is 9.59 Å². The number of nitrogens with zero attached hydrogens (tertiary/aromatic N) is 1. The molecule has 0 saturated heterocycles. The number of benzene rings is 1. The van der Waals surface area contributed by atoms with Crippen LogP contribution in [-0.2, 0) is 0 Å². The monoisotopic (exact) mass is 374 g/mol. The van der Waals surface area contributed by atoms with E-state index in [0.717, 1.165) is 28.4 Å². The van der Waals surface area contributed by atoms with Gasteiger partial charge in [0.05, 0.1) is 5.39 Å². The molecule has 6 heteroatoms. The predicted molar refractivity (Wildman–Crippen MR) is 82.0 cm³/mol. The maximum absolute atomic E-state index is 11.9. The molecule has 0 radical (unpaired) electrons. The maximum Gasteiger partial charge on any atom is 0.366 e. The van der Waals surface area contributed by atoms with Crippen LogP contribution in [0.3, 0.4) is 0 Å². The topological polar surface area (TPSA) is 64.2 Å². The van der Waals surface area contributed by atoms with Crippen LogP contribution in [0.15, 0.2) is 33.6 Å². The van der Waals surface area contributed by atoms with Crippen molar-refractivity contribution in [3.05, 3.63) is 34.7 Å². The summed E-state index contributed by atoms with van der Waals surface area (Å²) >= 11 is 2.33. The molecule has 102 valence electrons. The minimum atomic E-state index is -0.490. The molecule has 1 heterocycles. The van der Waals surface area contributed by atoms with Crippen LogP contribution in [0.25, 0.3) is 10.9 Å². The number of hydrogen-bond donors (Lipinski definition) is 1. The van der Waals surface area contributed by atoms with Crippen molar-refractivity contribution in [3.8, 4) is 0 Å². The second-order valence-electron chi connectivity index (χ2n) is 4.17. The van der Waals surface area contributed by atoms with E-state index >= 15 is 0 Å². The highest BCUT2D eigenvalue weighted by Crippen LogP contribution is 2.09. The molecule has 0 saturated carbocycles. The molecule has 0 atom stereocenters. The first-order valence-electron chi connectivity index (χ1n) is 6.19. The van der Waals surface area contributed by atoms with Crippen molar-refractivity contribution in [2.75, 3.05) is 11.0 Å². The first kappa shape index (κ1) is 14.1. The molecule has 0 aliphatic heterocycles. The number of nitrogens with one attached hydrogen (secondary N) is 1. The Labute approximate surface area is 124 Å². The van der Waals surface area contributed by atoms with E-state index in [4.69, 9.17) is 4.52 Å². The lowest BCUT2D eigenvalue weighted by Gasteiger charge is -2.04. The SMILES string of the molecule is O=C(NCCCCCI)n1oc(=O)c2ccccc21. The number of halogens is 1. The van der Waals surface area contributed by atoms with Crippen molar-refractivity contribution in [2.24, 2.45) is 0 Å². The highest BCUT2D eigenvalue weighted by molar-refractivity contribution is 14.1. The Balaban J connectivity index is 2.04. The summed E-state index contributed by atoms with van der Waals surface area (Å²) in [5.74, 6) is 0. The first-order chi connectivity index (χ1) is 9.24. The van der Waals surface area contributed by atoms with Gasteiger partial charge in [0.25, 0.3) is 0 Å². The first-order valence-corrected chi connectivity index (χ1v) is 7.72. The van der Waals surface area contributed by atoms with Gasteiger partial charge < -0.3 is 9.84 Å². The summed E-state index contributed by atoms with van der Waals surface area (Å²) in [6, 6.07) is 6.45. The summed E-state index contributed by atoms with van der Waals surface area (Å²) in [5, 5.41) is 3.17. The summed E-state index contributed by atoms with van der Waals surface area (Å²) in [5.41, 5.74) is 0.00734. The minimum absolute atomic E-state index is 0.396. The maximum atomic E-state index is 11.9. The quantitative estimate of drug-likeness (QED) is 0.497. The zero-order chi connectivity index (χ0) is 13.7. The van der Waals surface area contributed by atoms with Crippen LogP contribution in [0.5, 0.6) is 0 Å². The van der Waals surface area contributed by atoms with Crippen molar-refractivity contribution >= 4 is 39.5 Å². The lowest BCUT2D eigenvalue weighted by atomic mass is 10.2. The van der Waals surface area contributed by atoms with Gasteiger partial charge in [0, 0.05) is 6.54 Å². The number of hydrogen-bond acceptors (Lipinski definition) is 3. The standard InChI is InChI=1S/C13H15IN2O3/c14-8-4-1-5-9-15-13(18)16-11-7-3-2-6-10(11)12(17)19-16/h2-3,6-7H,1,4-5,8-9H2,(H,15,18). The normalized spacial score (nSPS) is 10.8. The number of aromatic nitrogens is 1. The van der Waals surface area contributed by atoms with E-state index < -0.39 is 11.7 Å². The third kappa shape index (κ3) is 3.37. The molecule has 1 aromatic heterocycles. The van der Waals surface area contributed by atoms with Crippen LogP contribution < -0.4 is 10.9 Å². The number of fused-ring (bicyclic) bond motifs is 1. The molecule has 2 rings (SSSR count). The minimum Gasteiger partial charge on any atom is -0.335 e. The summed E-state index contributed by atoms with van der Waals surface area (Å²) < 4.78 is 7.10. The molecule has 0 fully saturated rings. The predicted octanol–water partition coefficient (Wildman–Crippen LogP) is 2.76. The Kier molecular flexibility index (Phi) is 5.00. The van der Waals surface area contributed by atoms with Gasteiger partial charge >= 0.3 is 11.7 Å². The lowest BCUT2D eigenvalue weighted by molar-refractivity contribution is 0.210. The van der Waals surface area contributed by atoms with Crippen molar-refractivity contribution in [1.29, 1.82) is 0 Å². The molecule has 1 N–H and O–H groups in total. The molecule has 0 aliphatic carbocycles. The van der Waals surface area contributed by atoms with Gasteiger partial charge in [-0.25, -0.2) is 9.59 Å². The van der Waals surface area contributed by atoms with Crippen LogP contribution in [0, 0.1) is 0 Å². The number of para-hydroxylation sites is 1. The van der Waals surface area contributed by atoms with Gasteiger partial charge in [0.2, 0.25) is 0 Å². The molecular formula is C13H15IN2O3. The highest BCUT2D eigenvalue weighted by atomic mass is 127. The Morgan fingerprint density at radius 2 is 2.05 bits per heavy atom. The Bertz CT molecular complexity index is 618. The Hall–Kier alpha value is -1.31. The molecular weight excluding hydrogens is 359 g/mol. The number of unbranched alkanes of at least 4 members (excludes halogenated alkanes) is 2. The average Bonchev–Trinajstić information content (AvgIpc) is 2.76. The van der Waals surface area contributed by atoms with Gasteiger partial charge in [-0.05, 0) is 29.4 Å². The third-order valence-electron chi connectivity index (χ3n) is 2.79. The summed E-state index contributed by atoms with van der Waals surface area (Å²) in [6.07, 6.45) is 3.16. The summed E-state index contributed by atoms with van der Waals surface area (Å²) in [6.45, 7) is 0.589. The number of rotatable bonds is 5. The lowest BCUT2D eigenvalue weighted by Crippen LogP contribution is -2.29. The van der Waals surface area contributed by atoms with E-state index in [2.05, 4.69) is 27.9 Å². The third-order valence-corrected chi connectivity index (χ3v) is 3.55. The fourth-order valence-electron chi connectivity index (χ4n) is 1.82. The van der Waals surface area contributed by atoms with Crippen molar-refractivity contribution in [1.82, 2.24) is 10.1 Å². The van der Waals surface area contributed by atoms with Gasteiger partial charge in [0.15, 0.2) is 0 Å². The van der Waals surface area contributed by atoms with Crippen LogP contribution in [-0.4, -0.2) is 21.7 Å². The summed E-state index contributed by atoms with van der Waals surface area (Å²) in [7, 11) is 0. The van der Waals surface area contributed by atoms with Gasteiger partial charge in [-0.3, -0.25) is 0 Å². The zero-order valence-corrected chi connectivity index (χ0v) is 12.6. The van der Waals surface area contributed by atoms with E-state index in [0.29, 0.717) is 17.4 Å². The Morgan fingerprint density at radius 3 is 2.84 bits per heavy atom. The van der Waals surface area contributed by atoms with Crippen LogP contribution in [0.1, 0.15) is 19.3 Å². The molecule has 0 spiro atoms. The molecule has 0 bridgehead atoms. The number of carbonyl (C=O) groups is 1. The second kappa shape index (κ2) is 6.74. The molecule has 1 amide bonds. The number of carbonyl (C=O) groups excluding carboxylic acids is 1. The fraction of sp³-hybridized carbons (Fsp3) is 0.385. The van der Waals surface area contributed by atoms with Crippen LogP contribution in [0.4, 0.5) is 4.79 Å². The van der Waals surface area contributed by atoms with Gasteiger partial charge in [0.1, 0.15) is 5.52 Å². The molecule has 19 heavy (non-hydrogen) atoms. The van der Waals surface area contributed by atoms with Crippen LogP contribution in [0.2, 0.25) is 0 Å². The van der Waals surface area contributed by atoms with Crippen molar-refractivity contribution in [3.63, 3.8) is 0 Å². The molecule has 0 unspecified atom stereocenters. The van der Waals surface area contributed by atoms with Crippen LogP contribution >= 0.6 is 22.6 Å². The molecule has 0 aliphatic rings. The highest BCUT2D eigenvalue weighted by Gasteiger charge is 2.13. The van der Waals surface area contributed by atoms with Gasteiger partial charge in [-0.1, -0.05) is 41.1 Å².